The molecule has 1 aliphatic rings. The molecule has 0 radical (unpaired) electrons. The maximum Gasteiger partial charge on any atom is 0.257 e. The van der Waals surface area contributed by atoms with Crippen molar-refractivity contribution in [2.24, 2.45) is 0 Å². The first-order valence-corrected chi connectivity index (χ1v) is 12.0. The van der Waals surface area contributed by atoms with E-state index in [0.29, 0.717) is 21.3 Å². The normalized spacial score (nSPS) is 13.0. The van der Waals surface area contributed by atoms with Crippen LogP contribution in [-0.2, 0) is 17.0 Å². The Morgan fingerprint density at radius 2 is 1.87 bits per heavy atom. The van der Waals surface area contributed by atoms with E-state index in [1.807, 2.05) is 40.9 Å². The van der Waals surface area contributed by atoms with Gasteiger partial charge in [-0.25, -0.2) is 0 Å². The number of carbonyl (C=O) groups excluding carboxylic acids is 2. The molecule has 0 atom stereocenters. The lowest BCUT2D eigenvalue weighted by atomic mass is 10.1. The van der Waals surface area contributed by atoms with Crippen LogP contribution in [0.4, 0.5) is 5.69 Å². The number of amides is 2. The number of benzene rings is 1. The maximum absolute atomic E-state index is 13.4. The van der Waals surface area contributed by atoms with Crippen LogP contribution in [0.5, 0.6) is 0 Å². The molecule has 0 spiro atoms. The average molecular weight is 480 g/mol. The number of nitrogens with zero attached hydrogens (tertiary/aromatic N) is 2. The third kappa shape index (κ3) is 4.25. The van der Waals surface area contributed by atoms with Gasteiger partial charge in [-0.05, 0) is 42.0 Å². The molecular formula is C21H19Cl2N3O2S2. The van der Waals surface area contributed by atoms with Gasteiger partial charge in [0.1, 0.15) is 5.00 Å². The van der Waals surface area contributed by atoms with Gasteiger partial charge in [-0.3, -0.25) is 9.59 Å². The Labute approximate surface area is 193 Å². The van der Waals surface area contributed by atoms with Crippen molar-refractivity contribution in [2.75, 3.05) is 24.7 Å². The Balaban J connectivity index is 1.57. The summed E-state index contributed by atoms with van der Waals surface area (Å²) < 4.78 is 1.97. The first-order valence-electron chi connectivity index (χ1n) is 9.30. The molecule has 0 fully saturated rings. The van der Waals surface area contributed by atoms with Gasteiger partial charge in [-0.15, -0.1) is 11.3 Å². The number of halogens is 2. The van der Waals surface area contributed by atoms with Gasteiger partial charge < -0.3 is 14.8 Å². The molecular weight excluding hydrogens is 461 g/mol. The van der Waals surface area contributed by atoms with Crippen molar-refractivity contribution in [3.8, 4) is 5.00 Å². The van der Waals surface area contributed by atoms with E-state index in [1.54, 1.807) is 36.6 Å². The minimum atomic E-state index is -0.358. The quantitative estimate of drug-likeness (QED) is 0.536. The third-order valence-corrected chi connectivity index (χ3v) is 7.85. The van der Waals surface area contributed by atoms with Crippen LogP contribution in [0, 0.1) is 0 Å². The van der Waals surface area contributed by atoms with Gasteiger partial charge in [0.25, 0.3) is 5.91 Å². The molecule has 9 heteroatoms. The Kier molecular flexibility index (Phi) is 6.43. The molecule has 0 saturated carbocycles. The number of nitrogens with one attached hydrogen (secondary N) is 1. The Morgan fingerprint density at radius 3 is 2.57 bits per heavy atom. The number of carbonyl (C=O) groups is 2. The SMILES string of the molecule is CN(CC(=O)Nc1c(Cl)cccc1Cl)C(=O)c1c(-n2cccc2)sc2c1CCSC2. The highest BCUT2D eigenvalue weighted by molar-refractivity contribution is 7.98. The predicted molar refractivity (Wildman–Crippen MR) is 126 cm³/mol. The molecule has 3 heterocycles. The smallest absolute Gasteiger partial charge is 0.257 e. The number of likely N-dealkylation sites (N-methyl/N-ethyl adjacent to an activating group) is 1. The summed E-state index contributed by atoms with van der Waals surface area (Å²) in [4.78, 5) is 28.6. The molecule has 3 aromatic rings. The van der Waals surface area contributed by atoms with Crippen LogP contribution in [0.1, 0.15) is 20.8 Å². The summed E-state index contributed by atoms with van der Waals surface area (Å²) in [5, 5.41) is 4.32. The second kappa shape index (κ2) is 9.06. The van der Waals surface area contributed by atoms with Crippen LogP contribution in [0.2, 0.25) is 10.0 Å². The van der Waals surface area contributed by atoms with Crippen LogP contribution in [0.25, 0.3) is 5.00 Å². The first-order chi connectivity index (χ1) is 14.5. The van der Waals surface area contributed by atoms with Crippen molar-refractivity contribution < 1.29 is 9.59 Å². The number of aromatic nitrogens is 1. The molecule has 1 aromatic carbocycles. The number of rotatable bonds is 5. The lowest BCUT2D eigenvalue weighted by Crippen LogP contribution is -2.35. The van der Waals surface area contributed by atoms with Gasteiger partial charge >= 0.3 is 0 Å². The number of thiophene rings is 1. The van der Waals surface area contributed by atoms with E-state index in [1.165, 1.54) is 9.78 Å². The number of thioether (sulfide) groups is 1. The van der Waals surface area contributed by atoms with E-state index >= 15 is 0 Å². The van der Waals surface area contributed by atoms with E-state index < -0.39 is 0 Å². The van der Waals surface area contributed by atoms with Crippen LogP contribution in [0.3, 0.4) is 0 Å². The lowest BCUT2D eigenvalue weighted by molar-refractivity contribution is -0.116. The molecule has 4 rings (SSSR count). The van der Waals surface area contributed by atoms with Crippen molar-refractivity contribution in [3.63, 3.8) is 0 Å². The van der Waals surface area contributed by atoms with E-state index in [4.69, 9.17) is 23.2 Å². The molecule has 0 aliphatic carbocycles. The van der Waals surface area contributed by atoms with E-state index in [-0.39, 0.29) is 18.4 Å². The minimum Gasteiger partial charge on any atom is -0.332 e. The summed E-state index contributed by atoms with van der Waals surface area (Å²) in [6, 6.07) is 8.88. The summed E-state index contributed by atoms with van der Waals surface area (Å²) in [6.45, 7) is -0.106. The van der Waals surface area contributed by atoms with Crippen LogP contribution in [-0.4, -0.2) is 40.6 Å². The van der Waals surface area contributed by atoms with Crippen LogP contribution < -0.4 is 5.32 Å². The number of para-hydroxylation sites is 1. The van der Waals surface area contributed by atoms with Crippen molar-refractivity contribution in [3.05, 3.63) is 68.8 Å². The summed E-state index contributed by atoms with van der Waals surface area (Å²) in [6.07, 6.45) is 4.73. The Hall–Kier alpha value is -1.93. The standard InChI is InChI=1S/C21H19Cl2N3O2S2/c1-25(11-17(27)24-19-14(22)5-4-6-15(19)23)20(28)18-13-7-10-29-12-16(13)30-21(18)26-8-2-3-9-26/h2-6,8-9H,7,10-12H2,1H3,(H,24,27). The fourth-order valence-electron chi connectivity index (χ4n) is 3.36. The molecule has 156 valence electrons. The predicted octanol–water partition coefficient (Wildman–Crippen LogP) is 5.35. The molecule has 0 unspecified atom stereocenters. The van der Waals surface area contributed by atoms with Gasteiger partial charge in [-0.2, -0.15) is 11.8 Å². The van der Waals surface area contributed by atoms with Crippen molar-refractivity contribution in [1.82, 2.24) is 9.47 Å². The maximum atomic E-state index is 13.4. The second-order valence-corrected chi connectivity index (χ2v) is 9.89. The fraction of sp³-hybridized carbons (Fsp3) is 0.238. The molecule has 30 heavy (non-hydrogen) atoms. The Bertz CT molecular complexity index is 1080. The lowest BCUT2D eigenvalue weighted by Gasteiger charge is -2.20. The molecule has 0 saturated heterocycles. The number of hydrogen-bond acceptors (Lipinski definition) is 4. The molecule has 0 bridgehead atoms. The van der Waals surface area contributed by atoms with Gasteiger partial charge in [0.15, 0.2) is 0 Å². The zero-order valence-electron chi connectivity index (χ0n) is 16.2. The van der Waals surface area contributed by atoms with Crippen LogP contribution >= 0.6 is 46.3 Å². The summed E-state index contributed by atoms with van der Waals surface area (Å²) >= 11 is 15.8. The number of anilines is 1. The van der Waals surface area contributed by atoms with Crippen LogP contribution in [0.15, 0.2) is 42.7 Å². The fourth-order valence-corrected chi connectivity index (χ4v) is 6.29. The third-order valence-electron chi connectivity index (χ3n) is 4.81. The molecule has 2 aromatic heterocycles. The topological polar surface area (TPSA) is 54.3 Å². The van der Waals surface area contributed by atoms with Crippen molar-refractivity contribution in [2.45, 2.75) is 12.2 Å². The number of hydrogen-bond donors (Lipinski definition) is 1. The summed E-state index contributed by atoms with van der Waals surface area (Å²) in [5.74, 6) is 1.38. The van der Waals surface area contributed by atoms with Gasteiger partial charge in [0.05, 0.1) is 27.8 Å². The molecule has 1 N–H and O–H groups in total. The summed E-state index contributed by atoms with van der Waals surface area (Å²) in [5.41, 5.74) is 2.15. The highest BCUT2D eigenvalue weighted by atomic mass is 35.5. The highest BCUT2D eigenvalue weighted by Gasteiger charge is 2.29. The minimum absolute atomic E-state index is 0.106. The first kappa shape index (κ1) is 21.3. The molecule has 5 nitrogen and oxygen atoms in total. The van der Waals surface area contributed by atoms with Crippen molar-refractivity contribution >= 4 is 63.8 Å². The summed E-state index contributed by atoms with van der Waals surface area (Å²) in [7, 11) is 1.64. The zero-order chi connectivity index (χ0) is 21.3. The second-order valence-electron chi connectivity index (χ2n) is 6.88. The Morgan fingerprint density at radius 1 is 1.17 bits per heavy atom. The van der Waals surface area contributed by atoms with Gasteiger partial charge in [0, 0.05) is 30.1 Å². The van der Waals surface area contributed by atoms with E-state index in [9.17, 15) is 9.59 Å². The van der Waals surface area contributed by atoms with Gasteiger partial charge in [-0.1, -0.05) is 29.3 Å². The number of fused-ring (bicyclic) bond motifs is 1. The largest absolute Gasteiger partial charge is 0.332 e. The monoisotopic (exact) mass is 479 g/mol. The van der Waals surface area contributed by atoms with Crippen molar-refractivity contribution in [1.29, 1.82) is 0 Å². The zero-order valence-corrected chi connectivity index (χ0v) is 19.3. The molecule has 2 amide bonds. The van der Waals surface area contributed by atoms with E-state index in [2.05, 4.69) is 5.32 Å². The highest BCUT2D eigenvalue weighted by Crippen LogP contribution is 2.39. The van der Waals surface area contributed by atoms with E-state index in [0.717, 1.165) is 28.5 Å². The van der Waals surface area contributed by atoms with Gasteiger partial charge in [0.2, 0.25) is 5.91 Å². The molecule has 1 aliphatic heterocycles. The average Bonchev–Trinajstić information content (AvgIpc) is 3.37.